The van der Waals surface area contributed by atoms with Crippen LogP contribution in [0.15, 0.2) is 0 Å². The highest BCUT2D eigenvalue weighted by Crippen LogP contribution is 2.05. The first-order valence-electron chi connectivity index (χ1n) is 3.32. The normalized spacial score (nSPS) is 24.7. The van der Waals surface area contributed by atoms with Crippen molar-refractivity contribution in [2.45, 2.75) is 18.9 Å². The minimum atomic E-state index is -0.319. The van der Waals surface area contributed by atoms with E-state index in [0.29, 0.717) is 0 Å². The Morgan fingerprint density at radius 1 is 1.70 bits per heavy atom. The van der Waals surface area contributed by atoms with Gasteiger partial charge in [-0.3, -0.25) is 4.89 Å². The lowest BCUT2D eigenvalue weighted by atomic mass is 10.2. The van der Waals surface area contributed by atoms with Gasteiger partial charge in [0.05, 0.1) is 7.11 Å². The second-order valence-corrected chi connectivity index (χ2v) is 2.22. The number of rotatable bonds is 2. The van der Waals surface area contributed by atoms with Gasteiger partial charge >= 0.3 is 5.97 Å². The van der Waals surface area contributed by atoms with Crippen molar-refractivity contribution in [2.24, 2.45) is 0 Å². The van der Waals surface area contributed by atoms with E-state index in [1.807, 2.05) is 0 Å². The highest BCUT2D eigenvalue weighted by Gasteiger charge is 2.23. The van der Waals surface area contributed by atoms with Gasteiger partial charge in [-0.1, -0.05) is 0 Å². The number of nitrogens with one attached hydrogen (secondary N) is 1. The third kappa shape index (κ3) is 1.68. The van der Waals surface area contributed by atoms with Crippen LogP contribution in [0.3, 0.4) is 0 Å². The van der Waals surface area contributed by atoms with Gasteiger partial charge in [0.25, 0.3) is 0 Å². The Morgan fingerprint density at radius 2 is 2.50 bits per heavy atom. The number of hydrogen-bond acceptors (Lipinski definition) is 4. The molecule has 0 saturated carbocycles. The van der Waals surface area contributed by atoms with E-state index in [9.17, 15) is 4.79 Å². The van der Waals surface area contributed by atoms with Crippen molar-refractivity contribution in [3.05, 3.63) is 0 Å². The zero-order chi connectivity index (χ0) is 7.40. The molecule has 1 aliphatic rings. The van der Waals surface area contributed by atoms with E-state index < -0.39 is 0 Å². The zero-order valence-electron chi connectivity index (χ0n) is 5.92. The molecule has 1 atom stereocenters. The fourth-order valence-electron chi connectivity index (χ4n) is 1.03. The molecule has 58 valence electrons. The fraction of sp³-hybridized carbons (Fsp3) is 0.833. The first kappa shape index (κ1) is 7.50. The molecule has 1 rings (SSSR count). The Kier molecular flexibility index (Phi) is 2.65. The van der Waals surface area contributed by atoms with Crippen molar-refractivity contribution in [2.75, 3.05) is 13.7 Å². The van der Waals surface area contributed by atoms with E-state index in [1.165, 1.54) is 7.11 Å². The third-order valence-corrected chi connectivity index (χ3v) is 1.51. The maximum atomic E-state index is 10.8. The van der Waals surface area contributed by atoms with Crippen molar-refractivity contribution in [1.29, 1.82) is 0 Å². The van der Waals surface area contributed by atoms with Crippen LogP contribution in [0.25, 0.3) is 0 Å². The maximum Gasteiger partial charge on any atom is 0.359 e. The topological polar surface area (TPSA) is 47.6 Å². The molecule has 0 aromatic rings. The monoisotopic (exact) mass is 145 g/mol. The molecule has 0 radical (unpaired) electrons. The van der Waals surface area contributed by atoms with Gasteiger partial charge < -0.3 is 5.32 Å². The van der Waals surface area contributed by atoms with E-state index in [-0.39, 0.29) is 12.0 Å². The number of carbonyl (C=O) groups is 1. The van der Waals surface area contributed by atoms with Crippen LogP contribution in [0, 0.1) is 0 Å². The lowest BCUT2D eigenvalue weighted by Crippen LogP contribution is -2.32. The summed E-state index contributed by atoms with van der Waals surface area (Å²) in [5, 5.41) is 2.99. The van der Waals surface area contributed by atoms with Crippen LogP contribution >= 0.6 is 0 Å². The first-order valence-corrected chi connectivity index (χ1v) is 3.32. The van der Waals surface area contributed by atoms with Crippen LogP contribution in [0.5, 0.6) is 0 Å². The summed E-state index contributed by atoms with van der Waals surface area (Å²) in [6.45, 7) is 0.892. The lowest BCUT2D eigenvalue weighted by Gasteiger charge is -2.05. The lowest BCUT2D eigenvalue weighted by molar-refractivity contribution is -0.256. The van der Waals surface area contributed by atoms with E-state index in [0.717, 1.165) is 19.4 Å². The molecular formula is C6H11NO3. The van der Waals surface area contributed by atoms with Crippen molar-refractivity contribution in [1.82, 2.24) is 5.32 Å². The predicted octanol–water partition coefficient (Wildman–Crippen LogP) is -0.157. The summed E-state index contributed by atoms with van der Waals surface area (Å²) >= 11 is 0. The van der Waals surface area contributed by atoms with Gasteiger partial charge in [0, 0.05) is 0 Å². The quantitative estimate of drug-likeness (QED) is 0.433. The molecule has 0 amide bonds. The second-order valence-electron chi connectivity index (χ2n) is 2.22. The van der Waals surface area contributed by atoms with Crippen molar-refractivity contribution >= 4 is 5.97 Å². The zero-order valence-corrected chi connectivity index (χ0v) is 5.92. The minimum Gasteiger partial charge on any atom is -0.304 e. The smallest absolute Gasteiger partial charge is 0.304 e. The van der Waals surface area contributed by atoms with Gasteiger partial charge in [0.2, 0.25) is 0 Å². The van der Waals surface area contributed by atoms with Crippen molar-refractivity contribution in [3.8, 4) is 0 Å². The van der Waals surface area contributed by atoms with Crippen LogP contribution in [0.2, 0.25) is 0 Å². The van der Waals surface area contributed by atoms with Gasteiger partial charge in [-0.15, -0.1) is 0 Å². The average molecular weight is 145 g/mol. The Hall–Kier alpha value is -0.610. The van der Waals surface area contributed by atoms with Gasteiger partial charge in [0.1, 0.15) is 6.04 Å². The average Bonchev–Trinajstić information content (AvgIpc) is 2.38. The molecular weight excluding hydrogens is 134 g/mol. The summed E-state index contributed by atoms with van der Waals surface area (Å²) in [4.78, 5) is 19.4. The SMILES string of the molecule is COOC(=O)[C@@H]1CCCN1. The molecule has 0 aliphatic carbocycles. The summed E-state index contributed by atoms with van der Waals surface area (Å²) < 4.78 is 0. The van der Waals surface area contributed by atoms with Crippen molar-refractivity contribution in [3.63, 3.8) is 0 Å². The molecule has 0 unspecified atom stereocenters. The van der Waals surface area contributed by atoms with Crippen LogP contribution < -0.4 is 5.32 Å². The molecule has 4 nitrogen and oxygen atoms in total. The molecule has 1 fully saturated rings. The fourth-order valence-corrected chi connectivity index (χ4v) is 1.03. The van der Waals surface area contributed by atoms with Gasteiger partial charge in [0.15, 0.2) is 0 Å². The van der Waals surface area contributed by atoms with E-state index in [1.54, 1.807) is 0 Å². The number of carbonyl (C=O) groups excluding carboxylic acids is 1. The van der Waals surface area contributed by atoms with E-state index in [4.69, 9.17) is 0 Å². The molecule has 1 saturated heterocycles. The predicted molar refractivity (Wildman–Crippen MR) is 34.1 cm³/mol. The highest BCUT2D eigenvalue weighted by atomic mass is 17.2. The highest BCUT2D eigenvalue weighted by molar-refractivity contribution is 5.75. The van der Waals surface area contributed by atoms with E-state index in [2.05, 4.69) is 15.1 Å². The second kappa shape index (κ2) is 3.53. The van der Waals surface area contributed by atoms with E-state index >= 15 is 0 Å². The molecule has 0 aromatic carbocycles. The van der Waals surface area contributed by atoms with Gasteiger partial charge in [-0.2, -0.15) is 4.89 Å². The van der Waals surface area contributed by atoms with Gasteiger partial charge in [-0.05, 0) is 19.4 Å². The molecule has 1 heterocycles. The molecule has 10 heavy (non-hydrogen) atoms. The van der Waals surface area contributed by atoms with Crippen LogP contribution in [0.1, 0.15) is 12.8 Å². The largest absolute Gasteiger partial charge is 0.359 e. The standard InChI is InChI=1S/C6H11NO3/c1-9-10-6(8)5-3-2-4-7-5/h5,7H,2-4H2,1H3/t5-/m0/s1. The minimum absolute atomic E-state index is 0.153. The molecule has 0 bridgehead atoms. The summed E-state index contributed by atoms with van der Waals surface area (Å²) in [6, 6.07) is -0.153. The third-order valence-electron chi connectivity index (χ3n) is 1.51. The summed E-state index contributed by atoms with van der Waals surface area (Å²) in [5.41, 5.74) is 0. The Labute approximate surface area is 59.4 Å². The molecule has 1 aliphatic heterocycles. The number of hydrogen-bond donors (Lipinski definition) is 1. The van der Waals surface area contributed by atoms with Crippen LogP contribution in [0.4, 0.5) is 0 Å². The van der Waals surface area contributed by atoms with Gasteiger partial charge in [-0.25, -0.2) is 4.79 Å². The summed E-state index contributed by atoms with van der Waals surface area (Å²) in [6.07, 6.45) is 1.88. The van der Waals surface area contributed by atoms with Crippen LogP contribution in [-0.4, -0.2) is 25.7 Å². The van der Waals surface area contributed by atoms with Crippen molar-refractivity contribution < 1.29 is 14.6 Å². The molecule has 0 aromatic heterocycles. The molecule has 0 spiro atoms. The molecule has 1 N–H and O–H groups in total. The Bertz CT molecular complexity index is 120. The molecule has 4 heteroatoms. The van der Waals surface area contributed by atoms with Crippen LogP contribution in [-0.2, 0) is 14.6 Å². The summed E-state index contributed by atoms with van der Waals surface area (Å²) in [7, 11) is 1.33. The maximum absolute atomic E-state index is 10.8. The Balaban J connectivity index is 2.25. The Morgan fingerprint density at radius 3 is 3.00 bits per heavy atom. The summed E-state index contributed by atoms with van der Waals surface area (Å²) in [5.74, 6) is -0.319. The first-order chi connectivity index (χ1) is 4.84.